The molecule has 2 bridgehead atoms. The highest BCUT2D eigenvalue weighted by Gasteiger charge is 2.57. The largest absolute Gasteiger partial charge is 0.235 e. The molecule has 0 aromatic carbocycles. The van der Waals surface area contributed by atoms with Gasteiger partial charge < -0.3 is 0 Å². The molecule has 0 aliphatic heterocycles. The van der Waals surface area contributed by atoms with Crippen LogP contribution in [0.5, 0.6) is 0 Å². The highest BCUT2D eigenvalue weighted by atomic mass is 16.1. The van der Waals surface area contributed by atoms with E-state index in [0.29, 0.717) is 17.8 Å². The van der Waals surface area contributed by atoms with Crippen LogP contribution < -0.4 is 0 Å². The summed E-state index contributed by atoms with van der Waals surface area (Å²) in [6, 6.07) is 0.143. The Hall–Kier alpha value is -1.50. The maximum Gasteiger partial charge on any atom is 0.235 e. The molecular weight excluding hydrogens is 204 g/mol. The van der Waals surface area contributed by atoms with Crippen molar-refractivity contribution >= 4 is 12.2 Å². The zero-order chi connectivity index (χ0) is 11.1. The van der Waals surface area contributed by atoms with Gasteiger partial charge in [-0.3, -0.25) is 0 Å². The highest BCUT2D eigenvalue weighted by Crippen LogP contribution is 2.57. The Balaban J connectivity index is 1.93. The summed E-state index contributed by atoms with van der Waals surface area (Å²) in [5, 5.41) is 0. The van der Waals surface area contributed by atoms with E-state index < -0.39 is 0 Å². The molecule has 3 aliphatic carbocycles. The molecule has 0 saturated heterocycles. The normalized spacial score (nSPS) is 47.2. The first-order chi connectivity index (χ1) is 7.86. The third-order valence-electron chi connectivity index (χ3n) is 4.44. The van der Waals surface area contributed by atoms with Crippen molar-refractivity contribution < 1.29 is 9.59 Å². The lowest BCUT2D eigenvalue weighted by molar-refractivity contribution is 0.338. The summed E-state index contributed by atoms with van der Waals surface area (Å²) in [7, 11) is 0. The predicted molar refractivity (Wildman–Crippen MR) is 56.2 cm³/mol. The van der Waals surface area contributed by atoms with Crippen LogP contribution in [-0.4, -0.2) is 24.2 Å². The van der Waals surface area contributed by atoms with E-state index in [2.05, 4.69) is 22.1 Å². The Morgan fingerprint density at radius 2 is 1.75 bits per heavy atom. The zero-order valence-corrected chi connectivity index (χ0v) is 8.74. The van der Waals surface area contributed by atoms with Gasteiger partial charge in [0.05, 0.1) is 12.1 Å². The summed E-state index contributed by atoms with van der Waals surface area (Å²) in [5.41, 5.74) is 0. The maximum atomic E-state index is 10.4. The summed E-state index contributed by atoms with van der Waals surface area (Å²) >= 11 is 0. The first kappa shape index (κ1) is 9.71. The van der Waals surface area contributed by atoms with Crippen LogP contribution in [0.2, 0.25) is 0 Å². The van der Waals surface area contributed by atoms with Crippen LogP contribution >= 0.6 is 0 Å². The molecule has 0 N–H and O–H groups in total. The van der Waals surface area contributed by atoms with Crippen LogP contribution in [0.4, 0.5) is 0 Å². The molecule has 0 aromatic rings. The topological polar surface area (TPSA) is 58.9 Å². The lowest BCUT2D eigenvalue weighted by atomic mass is 9.84. The Morgan fingerprint density at radius 1 is 1.00 bits per heavy atom. The summed E-state index contributed by atoms with van der Waals surface area (Å²) in [5.74, 6) is 1.57. The summed E-state index contributed by atoms with van der Waals surface area (Å²) in [6.07, 6.45) is 9.70. The van der Waals surface area contributed by atoms with Crippen molar-refractivity contribution in [3.8, 4) is 0 Å². The predicted octanol–water partition coefficient (Wildman–Crippen LogP) is 1.24. The van der Waals surface area contributed by atoms with E-state index in [-0.39, 0.29) is 18.0 Å². The van der Waals surface area contributed by atoms with Crippen LogP contribution in [-0.2, 0) is 9.59 Å². The molecule has 3 rings (SSSR count). The first-order valence-corrected chi connectivity index (χ1v) is 5.69. The van der Waals surface area contributed by atoms with Gasteiger partial charge in [0.15, 0.2) is 0 Å². The number of carbonyl (C=O) groups excluding carboxylic acids is 2. The molecule has 2 saturated carbocycles. The van der Waals surface area contributed by atoms with Gasteiger partial charge in [-0.15, -0.1) is 0 Å². The van der Waals surface area contributed by atoms with Crippen molar-refractivity contribution in [3.63, 3.8) is 0 Å². The van der Waals surface area contributed by atoms with Gasteiger partial charge in [0.25, 0.3) is 0 Å². The monoisotopic (exact) mass is 216 g/mol. The van der Waals surface area contributed by atoms with Crippen molar-refractivity contribution in [1.82, 2.24) is 0 Å². The van der Waals surface area contributed by atoms with Gasteiger partial charge in [-0.05, 0) is 24.7 Å². The standard InChI is InChI=1S/C12H12N2O2/c15-5-13-10-4-3-7-8-1-2-9(11(7)10)12(8)14-6-16/h1-2,7-12H,3-4H2. The molecule has 3 aliphatic rings. The van der Waals surface area contributed by atoms with Gasteiger partial charge >= 0.3 is 0 Å². The van der Waals surface area contributed by atoms with E-state index in [1.165, 1.54) is 0 Å². The molecule has 0 amide bonds. The van der Waals surface area contributed by atoms with E-state index in [1.54, 1.807) is 12.2 Å². The number of hydrogen-bond acceptors (Lipinski definition) is 4. The van der Waals surface area contributed by atoms with E-state index in [9.17, 15) is 9.59 Å². The minimum Gasteiger partial charge on any atom is -0.211 e. The minimum atomic E-state index is 0.0529. The van der Waals surface area contributed by atoms with Gasteiger partial charge in [-0.1, -0.05) is 12.2 Å². The SMILES string of the molecule is O=C=NC1CCC2C3C=CC(C3N=C=O)C12. The van der Waals surface area contributed by atoms with Crippen molar-refractivity contribution in [2.75, 3.05) is 0 Å². The van der Waals surface area contributed by atoms with E-state index >= 15 is 0 Å². The molecule has 0 radical (unpaired) electrons. The number of hydrogen-bond donors (Lipinski definition) is 0. The summed E-state index contributed by atoms with van der Waals surface area (Å²) in [6.45, 7) is 0. The summed E-state index contributed by atoms with van der Waals surface area (Å²) < 4.78 is 0. The molecule has 16 heavy (non-hydrogen) atoms. The second kappa shape index (κ2) is 3.51. The lowest BCUT2D eigenvalue weighted by Gasteiger charge is -2.21. The number of fused-ring (bicyclic) bond motifs is 5. The van der Waals surface area contributed by atoms with E-state index in [0.717, 1.165) is 12.8 Å². The summed E-state index contributed by atoms with van der Waals surface area (Å²) in [4.78, 5) is 28.6. The van der Waals surface area contributed by atoms with Crippen LogP contribution in [0.15, 0.2) is 22.1 Å². The number of rotatable bonds is 2. The second-order valence-corrected chi connectivity index (χ2v) is 4.86. The van der Waals surface area contributed by atoms with E-state index in [1.807, 2.05) is 0 Å². The Kier molecular flexibility index (Phi) is 2.13. The molecule has 6 unspecified atom stereocenters. The molecule has 2 fully saturated rings. The molecule has 0 heterocycles. The van der Waals surface area contributed by atoms with Crippen molar-refractivity contribution in [2.24, 2.45) is 33.7 Å². The van der Waals surface area contributed by atoms with Crippen LogP contribution in [0.25, 0.3) is 0 Å². The number of nitrogens with zero attached hydrogens (tertiary/aromatic N) is 2. The average Bonchev–Trinajstić information content (AvgIpc) is 2.92. The second-order valence-electron chi connectivity index (χ2n) is 4.86. The van der Waals surface area contributed by atoms with Crippen LogP contribution in [0.3, 0.4) is 0 Å². The highest BCUT2D eigenvalue weighted by molar-refractivity contribution is 5.38. The van der Waals surface area contributed by atoms with Crippen LogP contribution in [0.1, 0.15) is 12.8 Å². The fraction of sp³-hybridized carbons (Fsp3) is 0.667. The average molecular weight is 216 g/mol. The zero-order valence-electron chi connectivity index (χ0n) is 8.74. The maximum absolute atomic E-state index is 10.4. The molecule has 4 heteroatoms. The van der Waals surface area contributed by atoms with E-state index in [4.69, 9.17) is 0 Å². The molecule has 4 nitrogen and oxygen atoms in total. The van der Waals surface area contributed by atoms with Crippen LogP contribution in [0, 0.1) is 23.7 Å². The number of aliphatic imine (C=N–C) groups is 2. The first-order valence-electron chi connectivity index (χ1n) is 5.69. The minimum absolute atomic E-state index is 0.0529. The smallest absolute Gasteiger partial charge is 0.211 e. The molecule has 6 atom stereocenters. The third kappa shape index (κ3) is 1.12. The van der Waals surface area contributed by atoms with Gasteiger partial charge in [-0.25, -0.2) is 19.6 Å². The van der Waals surface area contributed by atoms with Gasteiger partial charge in [0.1, 0.15) is 0 Å². The quantitative estimate of drug-likeness (QED) is 0.396. The fourth-order valence-electron chi connectivity index (χ4n) is 3.97. The lowest BCUT2D eigenvalue weighted by Crippen LogP contribution is -2.23. The van der Waals surface area contributed by atoms with Crippen molar-refractivity contribution in [2.45, 2.75) is 24.9 Å². The van der Waals surface area contributed by atoms with Crippen molar-refractivity contribution in [1.29, 1.82) is 0 Å². The van der Waals surface area contributed by atoms with Gasteiger partial charge in [0.2, 0.25) is 12.2 Å². The Bertz CT molecular complexity index is 432. The number of isocyanates is 2. The van der Waals surface area contributed by atoms with Gasteiger partial charge in [-0.2, -0.15) is 0 Å². The Labute approximate surface area is 93.2 Å². The Morgan fingerprint density at radius 3 is 2.50 bits per heavy atom. The molecule has 0 aromatic heterocycles. The fourth-order valence-corrected chi connectivity index (χ4v) is 3.97. The van der Waals surface area contributed by atoms with Crippen molar-refractivity contribution in [3.05, 3.63) is 12.2 Å². The molecule has 0 spiro atoms. The molecular formula is C12H12N2O2. The van der Waals surface area contributed by atoms with Gasteiger partial charge in [0, 0.05) is 11.8 Å². The third-order valence-corrected chi connectivity index (χ3v) is 4.44. The molecule has 82 valence electrons.